The van der Waals surface area contributed by atoms with Gasteiger partial charge in [-0.1, -0.05) is 30.3 Å². The van der Waals surface area contributed by atoms with Crippen molar-refractivity contribution in [3.05, 3.63) is 35.9 Å². The van der Waals surface area contributed by atoms with Gasteiger partial charge in [-0.2, -0.15) is 0 Å². The summed E-state index contributed by atoms with van der Waals surface area (Å²) in [6.45, 7) is 13.4. The standard InChI is InChI=1S/C23H37N5O2.HI/c1-4-24-23(25-13-12-22(29)26(5-2)6-3)28-17-20-21(18-28)30-15-14-27(20)16-19-10-8-7-9-11-19;/h7-11,20-21H,4-6,12-18H2,1-3H3,(H,24,25);1H. The summed E-state index contributed by atoms with van der Waals surface area (Å²) in [5.74, 6) is 1.06. The maximum atomic E-state index is 12.3. The first-order valence-electron chi connectivity index (χ1n) is 11.4. The summed E-state index contributed by atoms with van der Waals surface area (Å²) in [5, 5.41) is 3.41. The molecule has 0 saturated carbocycles. The molecule has 1 aromatic carbocycles. The van der Waals surface area contributed by atoms with Gasteiger partial charge in [0.1, 0.15) is 0 Å². The molecule has 1 N–H and O–H groups in total. The number of fused-ring (bicyclic) bond motifs is 1. The molecule has 7 nitrogen and oxygen atoms in total. The lowest BCUT2D eigenvalue weighted by molar-refractivity contribution is -0.130. The first-order valence-corrected chi connectivity index (χ1v) is 11.4. The molecule has 31 heavy (non-hydrogen) atoms. The van der Waals surface area contributed by atoms with E-state index in [1.165, 1.54) is 5.56 Å². The van der Waals surface area contributed by atoms with Crippen LogP contribution in [0.5, 0.6) is 0 Å². The highest BCUT2D eigenvalue weighted by Crippen LogP contribution is 2.24. The maximum Gasteiger partial charge on any atom is 0.224 e. The van der Waals surface area contributed by atoms with Gasteiger partial charge in [-0.3, -0.25) is 14.7 Å². The third kappa shape index (κ3) is 7.05. The molecular weight excluding hydrogens is 505 g/mol. The number of halogens is 1. The summed E-state index contributed by atoms with van der Waals surface area (Å²) in [6, 6.07) is 11.0. The molecule has 2 fully saturated rings. The largest absolute Gasteiger partial charge is 0.373 e. The van der Waals surface area contributed by atoms with Crippen LogP contribution in [0.3, 0.4) is 0 Å². The molecule has 2 aliphatic heterocycles. The number of aliphatic imine (C=N–C) groups is 1. The number of hydrogen-bond donors (Lipinski definition) is 1. The van der Waals surface area contributed by atoms with Crippen LogP contribution in [0.2, 0.25) is 0 Å². The van der Waals surface area contributed by atoms with Crippen LogP contribution in [0.15, 0.2) is 35.3 Å². The fraction of sp³-hybridized carbons (Fsp3) is 0.652. The third-order valence-corrected chi connectivity index (χ3v) is 5.98. The molecule has 8 heteroatoms. The van der Waals surface area contributed by atoms with Crippen molar-refractivity contribution < 1.29 is 9.53 Å². The number of carbonyl (C=O) groups excluding carboxylic acids is 1. The van der Waals surface area contributed by atoms with Crippen LogP contribution in [0.1, 0.15) is 32.8 Å². The smallest absolute Gasteiger partial charge is 0.224 e. The quantitative estimate of drug-likeness (QED) is 0.310. The van der Waals surface area contributed by atoms with Crippen molar-refractivity contribution >= 4 is 35.8 Å². The van der Waals surface area contributed by atoms with Gasteiger partial charge < -0.3 is 19.9 Å². The second-order valence-electron chi connectivity index (χ2n) is 7.89. The SMILES string of the molecule is CCNC(=NCCC(=O)N(CC)CC)N1CC2OCCN(Cc3ccccc3)C2C1.I. The summed E-state index contributed by atoms with van der Waals surface area (Å²) >= 11 is 0. The topological polar surface area (TPSA) is 60.4 Å². The molecule has 0 radical (unpaired) electrons. The fourth-order valence-corrected chi connectivity index (χ4v) is 4.36. The summed E-state index contributed by atoms with van der Waals surface area (Å²) in [6.07, 6.45) is 0.650. The van der Waals surface area contributed by atoms with Crippen LogP contribution in [0.25, 0.3) is 0 Å². The lowest BCUT2D eigenvalue weighted by Gasteiger charge is -2.36. The molecular formula is C23H38IN5O2. The average Bonchev–Trinajstić information content (AvgIpc) is 3.20. The molecule has 1 amide bonds. The molecule has 0 aromatic heterocycles. The molecule has 2 unspecified atom stereocenters. The van der Waals surface area contributed by atoms with E-state index in [9.17, 15) is 4.79 Å². The molecule has 2 aliphatic rings. The number of nitrogens with one attached hydrogen (secondary N) is 1. The van der Waals surface area contributed by atoms with Crippen molar-refractivity contribution in [2.45, 2.75) is 45.9 Å². The Balaban J connectivity index is 0.00000341. The number of likely N-dealkylation sites (tertiary alicyclic amines) is 1. The minimum absolute atomic E-state index is 0. The number of amides is 1. The Morgan fingerprint density at radius 1 is 1.19 bits per heavy atom. The lowest BCUT2D eigenvalue weighted by atomic mass is 10.1. The van der Waals surface area contributed by atoms with Crippen molar-refractivity contribution in [3.8, 4) is 0 Å². The van der Waals surface area contributed by atoms with E-state index in [0.717, 1.165) is 58.4 Å². The van der Waals surface area contributed by atoms with Crippen LogP contribution in [-0.2, 0) is 16.1 Å². The normalized spacial score (nSPS) is 21.4. The van der Waals surface area contributed by atoms with E-state index in [1.54, 1.807) is 0 Å². The van der Waals surface area contributed by atoms with Crippen LogP contribution < -0.4 is 5.32 Å². The lowest BCUT2D eigenvalue weighted by Crippen LogP contribution is -2.50. The second-order valence-corrected chi connectivity index (χ2v) is 7.89. The van der Waals surface area contributed by atoms with E-state index in [4.69, 9.17) is 9.73 Å². The Morgan fingerprint density at radius 2 is 1.94 bits per heavy atom. The van der Waals surface area contributed by atoms with E-state index >= 15 is 0 Å². The monoisotopic (exact) mass is 543 g/mol. The van der Waals surface area contributed by atoms with Gasteiger partial charge in [0.2, 0.25) is 5.91 Å². The van der Waals surface area contributed by atoms with Crippen LogP contribution in [0, 0.1) is 0 Å². The van der Waals surface area contributed by atoms with E-state index in [2.05, 4.69) is 52.4 Å². The van der Waals surface area contributed by atoms with Gasteiger partial charge in [-0.05, 0) is 26.3 Å². The summed E-state index contributed by atoms with van der Waals surface area (Å²) < 4.78 is 6.10. The molecule has 174 valence electrons. The van der Waals surface area contributed by atoms with Crippen molar-refractivity contribution in [2.75, 3.05) is 52.4 Å². The van der Waals surface area contributed by atoms with Crippen molar-refractivity contribution in [2.24, 2.45) is 4.99 Å². The molecule has 3 rings (SSSR count). The molecule has 2 heterocycles. The number of morpholine rings is 1. The minimum atomic E-state index is 0. The van der Waals surface area contributed by atoms with Gasteiger partial charge in [-0.15, -0.1) is 24.0 Å². The Hall–Kier alpha value is -1.39. The maximum absolute atomic E-state index is 12.3. The first-order chi connectivity index (χ1) is 14.7. The number of hydrogen-bond acceptors (Lipinski definition) is 4. The third-order valence-electron chi connectivity index (χ3n) is 5.98. The number of guanidine groups is 1. The van der Waals surface area contributed by atoms with E-state index in [-0.39, 0.29) is 36.0 Å². The van der Waals surface area contributed by atoms with Crippen LogP contribution in [-0.4, -0.2) is 91.1 Å². The number of carbonyl (C=O) groups is 1. The van der Waals surface area contributed by atoms with Crippen LogP contribution >= 0.6 is 24.0 Å². The van der Waals surface area contributed by atoms with Gasteiger partial charge in [-0.25, -0.2) is 0 Å². The molecule has 2 atom stereocenters. The predicted octanol–water partition coefficient (Wildman–Crippen LogP) is 2.41. The number of nitrogens with zero attached hydrogens (tertiary/aromatic N) is 4. The summed E-state index contributed by atoms with van der Waals surface area (Å²) in [4.78, 5) is 23.7. The zero-order valence-electron chi connectivity index (χ0n) is 19.1. The number of rotatable bonds is 8. The summed E-state index contributed by atoms with van der Waals surface area (Å²) in [5.41, 5.74) is 1.34. The second kappa shape index (κ2) is 13.2. The van der Waals surface area contributed by atoms with E-state index in [1.807, 2.05) is 18.7 Å². The molecule has 2 saturated heterocycles. The average molecular weight is 543 g/mol. The van der Waals surface area contributed by atoms with Crippen molar-refractivity contribution in [1.82, 2.24) is 20.0 Å². The number of benzene rings is 1. The highest BCUT2D eigenvalue weighted by atomic mass is 127. The Morgan fingerprint density at radius 3 is 2.61 bits per heavy atom. The first kappa shape index (κ1) is 25.9. The molecule has 1 aromatic rings. The predicted molar refractivity (Wildman–Crippen MR) is 136 cm³/mol. The Labute approximate surface area is 204 Å². The highest BCUT2D eigenvalue weighted by Gasteiger charge is 2.41. The van der Waals surface area contributed by atoms with Gasteiger partial charge in [0.15, 0.2) is 5.96 Å². The highest BCUT2D eigenvalue weighted by molar-refractivity contribution is 14.0. The number of ether oxygens (including phenoxy) is 1. The molecule has 0 spiro atoms. The molecule has 0 bridgehead atoms. The fourth-order valence-electron chi connectivity index (χ4n) is 4.36. The zero-order chi connectivity index (χ0) is 21.3. The van der Waals surface area contributed by atoms with Crippen LogP contribution in [0.4, 0.5) is 0 Å². The van der Waals surface area contributed by atoms with Gasteiger partial charge in [0, 0.05) is 52.2 Å². The van der Waals surface area contributed by atoms with Crippen molar-refractivity contribution in [1.29, 1.82) is 0 Å². The molecule has 0 aliphatic carbocycles. The Bertz CT molecular complexity index is 698. The Kier molecular flexibility index (Phi) is 11.0. The van der Waals surface area contributed by atoms with Gasteiger partial charge >= 0.3 is 0 Å². The van der Waals surface area contributed by atoms with E-state index < -0.39 is 0 Å². The van der Waals surface area contributed by atoms with E-state index in [0.29, 0.717) is 19.0 Å². The summed E-state index contributed by atoms with van der Waals surface area (Å²) in [7, 11) is 0. The zero-order valence-corrected chi connectivity index (χ0v) is 21.5. The van der Waals surface area contributed by atoms with Crippen molar-refractivity contribution in [3.63, 3.8) is 0 Å². The van der Waals surface area contributed by atoms with Gasteiger partial charge in [0.05, 0.1) is 25.3 Å². The minimum Gasteiger partial charge on any atom is -0.373 e. The van der Waals surface area contributed by atoms with Gasteiger partial charge in [0.25, 0.3) is 0 Å².